The first-order valence-electron chi connectivity index (χ1n) is 7.36. The van der Waals surface area contributed by atoms with Gasteiger partial charge in [0.15, 0.2) is 0 Å². The second-order valence-electron chi connectivity index (χ2n) is 6.79. The maximum absolute atomic E-state index is 12.2. The molecule has 19 heavy (non-hydrogen) atoms. The Hall–Kier alpha value is -0.610. The molecule has 1 atom stereocenters. The monoisotopic (exact) mass is 270 g/mol. The fourth-order valence-corrected chi connectivity index (χ4v) is 2.47. The number of hydrogen-bond acceptors (Lipinski definition) is 3. The van der Waals surface area contributed by atoms with Gasteiger partial charge >= 0.3 is 0 Å². The van der Waals surface area contributed by atoms with Crippen LogP contribution in [0.1, 0.15) is 40.5 Å². The molecule has 112 valence electrons. The fourth-order valence-electron chi connectivity index (χ4n) is 2.47. The summed E-state index contributed by atoms with van der Waals surface area (Å²) in [6.07, 6.45) is 2.11. The molecule has 1 saturated heterocycles. The lowest BCUT2D eigenvalue weighted by Gasteiger charge is -2.36. The van der Waals surface area contributed by atoms with Gasteiger partial charge in [0.2, 0.25) is 5.91 Å². The van der Waals surface area contributed by atoms with Crippen LogP contribution >= 0.6 is 0 Å². The summed E-state index contributed by atoms with van der Waals surface area (Å²) in [6, 6.07) is 0.545. The van der Waals surface area contributed by atoms with E-state index in [4.69, 9.17) is 4.74 Å². The standard InChI is InChI=1S/C15H30N2O2/c1-12(11-19-5)10-16-13-6-8-17(9-7-13)14(18)15(2,3)4/h12-13,16H,6-11H2,1-5H3. The number of methoxy groups -OCH3 is 1. The molecule has 1 fully saturated rings. The molecule has 0 spiro atoms. The van der Waals surface area contributed by atoms with E-state index in [1.54, 1.807) is 7.11 Å². The van der Waals surface area contributed by atoms with Crippen molar-refractivity contribution < 1.29 is 9.53 Å². The lowest BCUT2D eigenvalue weighted by Crippen LogP contribution is -2.48. The fraction of sp³-hybridized carbons (Fsp3) is 0.933. The van der Waals surface area contributed by atoms with Gasteiger partial charge in [-0.05, 0) is 18.8 Å². The van der Waals surface area contributed by atoms with Crippen molar-refractivity contribution in [1.29, 1.82) is 0 Å². The van der Waals surface area contributed by atoms with Crippen LogP contribution in [0, 0.1) is 11.3 Å². The van der Waals surface area contributed by atoms with Gasteiger partial charge in [0.1, 0.15) is 0 Å². The summed E-state index contributed by atoms with van der Waals surface area (Å²) in [5.74, 6) is 0.818. The van der Waals surface area contributed by atoms with Crippen molar-refractivity contribution in [2.75, 3.05) is 33.4 Å². The number of rotatable bonds is 5. The number of nitrogens with zero attached hydrogens (tertiary/aromatic N) is 1. The SMILES string of the molecule is COCC(C)CNC1CCN(C(=O)C(C)(C)C)CC1. The second-order valence-corrected chi connectivity index (χ2v) is 6.79. The molecule has 4 heteroatoms. The molecule has 1 aliphatic heterocycles. The van der Waals surface area contributed by atoms with Crippen LogP contribution in [-0.4, -0.2) is 50.2 Å². The van der Waals surface area contributed by atoms with Gasteiger partial charge in [-0.1, -0.05) is 27.7 Å². The van der Waals surface area contributed by atoms with E-state index in [0.717, 1.165) is 39.1 Å². The van der Waals surface area contributed by atoms with E-state index < -0.39 is 0 Å². The molecule has 0 bridgehead atoms. The number of hydrogen-bond donors (Lipinski definition) is 1. The Labute approximate surface area is 117 Å². The highest BCUT2D eigenvalue weighted by Gasteiger charge is 2.30. The molecule has 4 nitrogen and oxygen atoms in total. The Morgan fingerprint density at radius 3 is 2.42 bits per heavy atom. The van der Waals surface area contributed by atoms with Crippen LogP contribution < -0.4 is 5.32 Å². The van der Waals surface area contributed by atoms with Crippen molar-refractivity contribution in [3.05, 3.63) is 0 Å². The average molecular weight is 270 g/mol. The van der Waals surface area contributed by atoms with Crippen LogP contribution in [0.2, 0.25) is 0 Å². The zero-order valence-electron chi connectivity index (χ0n) is 13.2. The number of piperidine rings is 1. The normalized spacial score (nSPS) is 19.5. The summed E-state index contributed by atoms with van der Waals surface area (Å²) in [6.45, 7) is 11.7. The van der Waals surface area contributed by atoms with E-state index in [2.05, 4.69) is 12.2 Å². The first-order valence-corrected chi connectivity index (χ1v) is 7.36. The van der Waals surface area contributed by atoms with E-state index in [-0.39, 0.29) is 11.3 Å². The van der Waals surface area contributed by atoms with Gasteiger partial charge in [0.05, 0.1) is 0 Å². The summed E-state index contributed by atoms with van der Waals surface area (Å²) in [4.78, 5) is 14.2. The average Bonchev–Trinajstić information content (AvgIpc) is 2.35. The summed E-state index contributed by atoms with van der Waals surface area (Å²) in [5.41, 5.74) is -0.257. The van der Waals surface area contributed by atoms with Gasteiger partial charge in [0.25, 0.3) is 0 Å². The Morgan fingerprint density at radius 1 is 1.37 bits per heavy atom. The first kappa shape index (κ1) is 16.4. The van der Waals surface area contributed by atoms with Gasteiger partial charge in [0, 0.05) is 44.8 Å². The van der Waals surface area contributed by atoms with Crippen molar-refractivity contribution in [1.82, 2.24) is 10.2 Å². The van der Waals surface area contributed by atoms with Crippen molar-refractivity contribution in [2.45, 2.75) is 46.6 Å². The molecule has 0 saturated carbocycles. The highest BCUT2D eigenvalue weighted by Crippen LogP contribution is 2.21. The zero-order valence-corrected chi connectivity index (χ0v) is 13.2. The van der Waals surface area contributed by atoms with Gasteiger partial charge in [-0.25, -0.2) is 0 Å². The van der Waals surface area contributed by atoms with Crippen molar-refractivity contribution in [3.63, 3.8) is 0 Å². The number of ether oxygens (including phenoxy) is 1. The molecule has 0 aromatic heterocycles. The number of carbonyl (C=O) groups is 1. The van der Waals surface area contributed by atoms with E-state index in [9.17, 15) is 4.79 Å². The van der Waals surface area contributed by atoms with E-state index in [1.807, 2.05) is 25.7 Å². The molecule has 1 heterocycles. The largest absolute Gasteiger partial charge is 0.384 e. The minimum atomic E-state index is -0.257. The number of amides is 1. The molecular weight excluding hydrogens is 240 g/mol. The number of nitrogens with one attached hydrogen (secondary N) is 1. The quantitative estimate of drug-likeness (QED) is 0.829. The molecule has 1 unspecified atom stereocenters. The molecule has 0 aromatic rings. The van der Waals surface area contributed by atoms with Gasteiger partial charge in [-0.2, -0.15) is 0 Å². The number of carbonyl (C=O) groups excluding carboxylic acids is 1. The molecule has 1 rings (SSSR count). The number of likely N-dealkylation sites (tertiary alicyclic amines) is 1. The van der Waals surface area contributed by atoms with E-state index >= 15 is 0 Å². The summed E-state index contributed by atoms with van der Waals surface area (Å²) < 4.78 is 5.14. The third-order valence-corrected chi connectivity index (χ3v) is 3.63. The highest BCUT2D eigenvalue weighted by atomic mass is 16.5. The first-order chi connectivity index (χ1) is 8.84. The Balaban J connectivity index is 2.27. The minimum Gasteiger partial charge on any atom is -0.384 e. The predicted molar refractivity (Wildman–Crippen MR) is 78.1 cm³/mol. The van der Waals surface area contributed by atoms with Gasteiger partial charge in [-0.15, -0.1) is 0 Å². The Morgan fingerprint density at radius 2 is 1.95 bits per heavy atom. The third kappa shape index (κ3) is 5.49. The van der Waals surface area contributed by atoms with E-state index in [0.29, 0.717) is 12.0 Å². The third-order valence-electron chi connectivity index (χ3n) is 3.63. The van der Waals surface area contributed by atoms with Crippen LogP contribution in [0.4, 0.5) is 0 Å². The van der Waals surface area contributed by atoms with Crippen LogP contribution in [-0.2, 0) is 9.53 Å². The summed E-state index contributed by atoms with van der Waals surface area (Å²) in [7, 11) is 1.74. The van der Waals surface area contributed by atoms with Crippen molar-refractivity contribution in [3.8, 4) is 0 Å². The van der Waals surface area contributed by atoms with Crippen LogP contribution in [0.15, 0.2) is 0 Å². The lowest BCUT2D eigenvalue weighted by atomic mass is 9.93. The summed E-state index contributed by atoms with van der Waals surface area (Å²) >= 11 is 0. The van der Waals surface area contributed by atoms with Crippen LogP contribution in [0.25, 0.3) is 0 Å². The Bertz CT molecular complexity index is 278. The maximum atomic E-state index is 12.2. The molecule has 0 aromatic carbocycles. The van der Waals surface area contributed by atoms with Crippen molar-refractivity contribution >= 4 is 5.91 Å². The van der Waals surface area contributed by atoms with E-state index in [1.165, 1.54) is 0 Å². The summed E-state index contributed by atoms with van der Waals surface area (Å²) in [5, 5.41) is 3.59. The maximum Gasteiger partial charge on any atom is 0.227 e. The van der Waals surface area contributed by atoms with Gasteiger partial charge in [-0.3, -0.25) is 4.79 Å². The predicted octanol–water partition coefficient (Wildman–Crippen LogP) is 1.90. The molecule has 1 N–H and O–H groups in total. The Kier molecular flexibility index (Phi) is 6.27. The van der Waals surface area contributed by atoms with Crippen LogP contribution in [0.5, 0.6) is 0 Å². The highest BCUT2D eigenvalue weighted by molar-refractivity contribution is 5.81. The second kappa shape index (κ2) is 7.25. The minimum absolute atomic E-state index is 0.257. The smallest absolute Gasteiger partial charge is 0.227 e. The van der Waals surface area contributed by atoms with Gasteiger partial charge < -0.3 is 15.0 Å². The van der Waals surface area contributed by atoms with Crippen molar-refractivity contribution in [2.24, 2.45) is 11.3 Å². The molecule has 1 aliphatic rings. The topological polar surface area (TPSA) is 41.6 Å². The lowest BCUT2D eigenvalue weighted by molar-refractivity contribution is -0.140. The molecule has 0 radical (unpaired) electrons. The molecule has 1 amide bonds. The zero-order chi connectivity index (χ0) is 14.5. The molecular formula is C15H30N2O2. The van der Waals surface area contributed by atoms with Crippen LogP contribution in [0.3, 0.4) is 0 Å². The molecule has 0 aliphatic carbocycles.